The van der Waals surface area contributed by atoms with Crippen molar-refractivity contribution in [3.05, 3.63) is 0 Å². The number of halogens is 6. The molecule has 126 valence electrons. The zero-order valence-electron chi connectivity index (χ0n) is 11.2. The van der Waals surface area contributed by atoms with E-state index >= 15 is 0 Å². The molecular formula is C10H15F6NO4. The molecule has 0 spiro atoms. The van der Waals surface area contributed by atoms with E-state index in [9.17, 15) is 31.1 Å². The van der Waals surface area contributed by atoms with Crippen LogP contribution in [0.15, 0.2) is 0 Å². The molecule has 0 aliphatic heterocycles. The zero-order chi connectivity index (χ0) is 16.7. The number of alkyl halides is 6. The number of hydrogen-bond donors (Lipinski definition) is 1. The largest absolute Gasteiger partial charge is 0.450 e. The molecule has 0 heterocycles. The molecular weight excluding hydrogens is 312 g/mol. The van der Waals surface area contributed by atoms with Gasteiger partial charge in [0.05, 0.1) is 19.8 Å². The van der Waals surface area contributed by atoms with Crippen LogP contribution in [0.4, 0.5) is 31.1 Å². The van der Waals surface area contributed by atoms with E-state index in [2.05, 4.69) is 14.2 Å². The summed E-state index contributed by atoms with van der Waals surface area (Å²) >= 11 is 0. The Balaban J connectivity index is 5.31. The molecule has 0 unspecified atom stereocenters. The summed E-state index contributed by atoms with van der Waals surface area (Å²) in [5.41, 5.74) is -4.86. The first kappa shape index (κ1) is 19.8. The monoisotopic (exact) mass is 327 g/mol. The van der Waals surface area contributed by atoms with Gasteiger partial charge in [0, 0.05) is 6.61 Å². The van der Waals surface area contributed by atoms with Crippen LogP contribution >= 0.6 is 0 Å². The molecule has 0 saturated carbocycles. The summed E-state index contributed by atoms with van der Waals surface area (Å²) in [5, 5.41) is 0.699. The Hall–Kier alpha value is -1.23. The van der Waals surface area contributed by atoms with Crippen molar-refractivity contribution in [2.75, 3.05) is 26.4 Å². The maximum Gasteiger partial charge on any atom is 0.446 e. The molecule has 5 nitrogen and oxygen atoms in total. The van der Waals surface area contributed by atoms with Crippen molar-refractivity contribution in [1.82, 2.24) is 5.32 Å². The van der Waals surface area contributed by atoms with Gasteiger partial charge in [-0.25, -0.2) is 4.79 Å². The Labute approximate surface area is 116 Å². The van der Waals surface area contributed by atoms with Crippen LogP contribution < -0.4 is 5.32 Å². The summed E-state index contributed by atoms with van der Waals surface area (Å²) in [7, 11) is 0. The first-order valence-electron chi connectivity index (χ1n) is 5.82. The first-order valence-corrected chi connectivity index (χ1v) is 5.82. The van der Waals surface area contributed by atoms with Crippen molar-refractivity contribution in [1.29, 1.82) is 0 Å². The predicted octanol–water partition coefficient (Wildman–Crippen LogP) is 2.61. The third kappa shape index (κ3) is 5.23. The van der Waals surface area contributed by atoms with Crippen LogP contribution in [0.2, 0.25) is 0 Å². The molecule has 0 atom stereocenters. The minimum Gasteiger partial charge on any atom is -0.450 e. The second-order valence-corrected chi connectivity index (χ2v) is 3.57. The standard InChI is InChI=1S/C10H15F6NO4/c1-3-19-5-6-21-8(9(11,12)13,10(14,15)16)17-7(18)20-4-2/h3-6H2,1-2H3,(H,17,18). The smallest absolute Gasteiger partial charge is 0.446 e. The third-order valence-electron chi connectivity index (χ3n) is 2.10. The number of nitrogens with one attached hydrogen (secondary N) is 1. The van der Waals surface area contributed by atoms with Gasteiger partial charge in [0.1, 0.15) is 0 Å². The zero-order valence-corrected chi connectivity index (χ0v) is 11.2. The molecule has 0 rings (SSSR count). The molecule has 0 aliphatic rings. The fourth-order valence-electron chi connectivity index (χ4n) is 1.21. The number of carbonyl (C=O) groups excluding carboxylic acids is 1. The molecule has 1 amide bonds. The number of amides is 1. The van der Waals surface area contributed by atoms with Crippen molar-refractivity contribution in [2.45, 2.75) is 31.9 Å². The molecule has 1 N–H and O–H groups in total. The van der Waals surface area contributed by atoms with Gasteiger partial charge in [-0.15, -0.1) is 0 Å². The lowest BCUT2D eigenvalue weighted by atomic mass is 10.2. The van der Waals surface area contributed by atoms with Crippen LogP contribution in [0.25, 0.3) is 0 Å². The summed E-state index contributed by atoms with van der Waals surface area (Å²) in [4.78, 5) is 11.0. The van der Waals surface area contributed by atoms with E-state index in [4.69, 9.17) is 0 Å². The number of carbonyl (C=O) groups is 1. The number of rotatable bonds is 7. The highest BCUT2D eigenvalue weighted by Gasteiger charge is 2.74. The lowest BCUT2D eigenvalue weighted by Crippen LogP contribution is -2.69. The van der Waals surface area contributed by atoms with Crippen molar-refractivity contribution in [3.8, 4) is 0 Å². The highest BCUT2D eigenvalue weighted by Crippen LogP contribution is 2.44. The summed E-state index contributed by atoms with van der Waals surface area (Å²) in [6, 6.07) is 0. The van der Waals surface area contributed by atoms with Crippen LogP contribution in [0.5, 0.6) is 0 Å². The van der Waals surface area contributed by atoms with Crippen molar-refractivity contribution >= 4 is 6.09 Å². The fraction of sp³-hybridized carbons (Fsp3) is 0.900. The first-order chi connectivity index (χ1) is 9.52. The summed E-state index contributed by atoms with van der Waals surface area (Å²) in [6.45, 7) is 0.862. The minimum absolute atomic E-state index is 0.0830. The molecule has 0 aromatic heterocycles. The third-order valence-corrected chi connectivity index (χ3v) is 2.10. The Bertz CT molecular complexity index is 316. The van der Waals surface area contributed by atoms with E-state index in [0.717, 1.165) is 0 Å². The number of ether oxygens (including phenoxy) is 3. The topological polar surface area (TPSA) is 56.8 Å². The molecule has 0 aromatic carbocycles. The fourth-order valence-corrected chi connectivity index (χ4v) is 1.21. The SMILES string of the molecule is CCOCCOC(NC(=O)OCC)(C(F)(F)F)C(F)(F)F. The highest BCUT2D eigenvalue weighted by molar-refractivity contribution is 5.68. The normalized spacial score (nSPS) is 13.1. The van der Waals surface area contributed by atoms with Gasteiger partial charge in [-0.2, -0.15) is 26.3 Å². The van der Waals surface area contributed by atoms with Gasteiger partial charge in [-0.1, -0.05) is 0 Å². The predicted molar refractivity (Wildman–Crippen MR) is 57.4 cm³/mol. The minimum atomic E-state index is -5.94. The van der Waals surface area contributed by atoms with Crippen molar-refractivity contribution < 1.29 is 45.3 Å². The van der Waals surface area contributed by atoms with Crippen LogP contribution in [0.3, 0.4) is 0 Å². The Morgan fingerprint density at radius 3 is 1.86 bits per heavy atom. The van der Waals surface area contributed by atoms with E-state index in [1.807, 2.05) is 0 Å². The van der Waals surface area contributed by atoms with Gasteiger partial charge >= 0.3 is 24.2 Å². The lowest BCUT2D eigenvalue weighted by Gasteiger charge is -2.36. The summed E-state index contributed by atoms with van der Waals surface area (Å²) in [5.74, 6) is 0. The quantitative estimate of drug-likeness (QED) is 0.444. The van der Waals surface area contributed by atoms with Gasteiger partial charge in [0.25, 0.3) is 0 Å². The van der Waals surface area contributed by atoms with Crippen molar-refractivity contribution in [2.24, 2.45) is 0 Å². The van der Waals surface area contributed by atoms with E-state index in [1.165, 1.54) is 13.8 Å². The maximum absolute atomic E-state index is 12.8. The van der Waals surface area contributed by atoms with Crippen LogP contribution in [0.1, 0.15) is 13.8 Å². The van der Waals surface area contributed by atoms with E-state index < -0.39 is 44.0 Å². The number of alkyl carbamates (subject to hydrolysis) is 1. The molecule has 11 heteroatoms. The van der Waals surface area contributed by atoms with Crippen LogP contribution in [-0.2, 0) is 14.2 Å². The van der Waals surface area contributed by atoms with Gasteiger partial charge in [-0.05, 0) is 13.8 Å². The van der Waals surface area contributed by atoms with E-state index in [1.54, 1.807) is 0 Å². The second-order valence-electron chi connectivity index (χ2n) is 3.57. The van der Waals surface area contributed by atoms with Gasteiger partial charge in [-0.3, -0.25) is 5.32 Å². The molecule has 0 bridgehead atoms. The van der Waals surface area contributed by atoms with E-state index in [0.29, 0.717) is 5.32 Å². The van der Waals surface area contributed by atoms with Crippen LogP contribution in [-0.4, -0.2) is 50.6 Å². The molecule has 0 saturated heterocycles. The number of hydrogen-bond acceptors (Lipinski definition) is 4. The maximum atomic E-state index is 12.8. The average Bonchev–Trinajstić information content (AvgIpc) is 2.30. The van der Waals surface area contributed by atoms with E-state index in [-0.39, 0.29) is 6.61 Å². The average molecular weight is 327 g/mol. The van der Waals surface area contributed by atoms with Gasteiger partial charge < -0.3 is 14.2 Å². The Kier molecular flexibility index (Phi) is 7.24. The second kappa shape index (κ2) is 7.69. The highest BCUT2D eigenvalue weighted by atomic mass is 19.4. The van der Waals surface area contributed by atoms with Crippen LogP contribution in [0, 0.1) is 0 Å². The van der Waals surface area contributed by atoms with Crippen molar-refractivity contribution in [3.63, 3.8) is 0 Å². The Morgan fingerprint density at radius 1 is 0.952 bits per heavy atom. The lowest BCUT2D eigenvalue weighted by molar-refractivity contribution is -0.389. The summed E-state index contributed by atoms with van der Waals surface area (Å²) in [6.07, 6.45) is -13.8. The van der Waals surface area contributed by atoms with Gasteiger partial charge in [0.15, 0.2) is 0 Å². The van der Waals surface area contributed by atoms with Gasteiger partial charge in [0.2, 0.25) is 0 Å². The summed E-state index contributed by atoms with van der Waals surface area (Å²) < 4.78 is 89.5. The molecule has 0 aliphatic carbocycles. The molecule has 0 radical (unpaired) electrons. The molecule has 0 fully saturated rings. The molecule has 21 heavy (non-hydrogen) atoms. The Morgan fingerprint density at radius 2 is 1.48 bits per heavy atom. The molecule has 0 aromatic rings.